The minimum absolute atomic E-state index is 0.188. The first-order chi connectivity index (χ1) is 15.3. The summed E-state index contributed by atoms with van der Waals surface area (Å²) in [4.78, 5) is 17.3. The quantitative estimate of drug-likeness (QED) is 0.466. The van der Waals surface area contributed by atoms with Gasteiger partial charge in [0.05, 0.1) is 17.9 Å². The van der Waals surface area contributed by atoms with E-state index < -0.39 is 0 Å². The van der Waals surface area contributed by atoms with Crippen LogP contribution in [-0.2, 0) is 17.9 Å². The Morgan fingerprint density at radius 1 is 1.00 bits per heavy atom. The number of pyridine rings is 1. The second-order valence-electron chi connectivity index (χ2n) is 7.00. The molecule has 2 aromatic heterocycles. The summed E-state index contributed by atoms with van der Waals surface area (Å²) in [7, 11) is 0. The summed E-state index contributed by atoms with van der Waals surface area (Å²) in [6, 6.07) is 21.4. The molecule has 1 N–H and O–H groups in total. The van der Waals surface area contributed by atoms with Gasteiger partial charge in [0.25, 0.3) is 5.91 Å². The lowest BCUT2D eigenvalue weighted by Crippen LogP contribution is -2.23. The lowest BCUT2D eigenvalue weighted by atomic mass is 10.1. The van der Waals surface area contributed by atoms with Gasteiger partial charge in [0, 0.05) is 37.3 Å². The summed E-state index contributed by atoms with van der Waals surface area (Å²) in [5.41, 5.74) is 4.86. The summed E-state index contributed by atoms with van der Waals surface area (Å²) in [6.45, 7) is 3.54. The van der Waals surface area contributed by atoms with Crippen molar-refractivity contribution in [3.63, 3.8) is 0 Å². The highest BCUT2D eigenvalue weighted by Gasteiger charge is 2.19. The van der Waals surface area contributed by atoms with Gasteiger partial charge in [0.2, 0.25) is 0 Å². The SMILES string of the molecule is CCOCc1ccccc1CNC(=O)c1cn(-c2ccccc2)nc1-c1cccnc1. The van der Waals surface area contributed by atoms with Crippen molar-refractivity contribution in [1.29, 1.82) is 0 Å². The highest BCUT2D eigenvalue weighted by atomic mass is 16.5. The van der Waals surface area contributed by atoms with Crippen molar-refractivity contribution in [3.8, 4) is 16.9 Å². The third-order valence-corrected chi connectivity index (χ3v) is 4.93. The van der Waals surface area contributed by atoms with Crippen molar-refractivity contribution in [2.75, 3.05) is 6.61 Å². The zero-order valence-electron chi connectivity index (χ0n) is 17.4. The van der Waals surface area contributed by atoms with Gasteiger partial charge >= 0.3 is 0 Å². The molecule has 156 valence electrons. The lowest BCUT2D eigenvalue weighted by molar-refractivity contribution is 0.0950. The Kier molecular flexibility index (Phi) is 6.50. The Bertz CT molecular complexity index is 1140. The summed E-state index contributed by atoms with van der Waals surface area (Å²) < 4.78 is 7.27. The molecule has 6 heteroatoms. The molecule has 2 aromatic carbocycles. The van der Waals surface area contributed by atoms with Gasteiger partial charge in [-0.05, 0) is 42.3 Å². The summed E-state index contributed by atoms with van der Waals surface area (Å²) in [5.74, 6) is -0.188. The second kappa shape index (κ2) is 9.82. The third-order valence-electron chi connectivity index (χ3n) is 4.93. The van der Waals surface area contributed by atoms with Crippen LogP contribution < -0.4 is 5.32 Å². The maximum absolute atomic E-state index is 13.2. The highest BCUT2D eigenvalue weighted by molar-refractivity contribution is 5.99. The molecule has 2 heterocycles. The molecular formula is C25H24N4O2. The van der Waals surface area contributed by atoms with Crippen LogP contribution in [0.3, 0.4) is 0 Å². The van der Waals surface area contributed by atoms with Crippen molar-refractivity contribution in [2.45, 2.75) is 20.1 Å². The van der Waals surface area contributed by atoms with Crippen LogP contribution in [0.5, 0.6) is 0 Å². The Balaban J connectivity index is 1.61. The number of benzene rings is 2. The molecule has 0 saturated heterocycles. The Morgan fingerprint density at radius 3 is 2.52 bits per heavy atom. The van der Waals surface area contributed by atoms with Gasteiger partial charge in [0.1, 0.15) is 5.69 Å². The Hall–Kier alpha value is -3.77. The van der Waals surface area contributed by atoms with E-state index in [0.717, 1.165) is 22.4 Å². The van der Waals surface area contributed by atoms with Gasteiger partial charge in [-0.25, -0.2) is 4.68 Å². The summed E-state index contributed by atoms with van der Waals surface area (Å²) >= 11 is 0. The first kappa shape index (κ1) is 20.5. The number of nitrogens with zero attached hydrogens (tertiary/aromatic N) is 3. The number of hydrogen-bond acceptors (Lipinski definition) is 4. The normalized spacial score (nSPS) is 10.7. The molecule has 31 heavy (non-hydrogen) atoms. The van der Waals surface area contributed by atoms with Crippen LogP contribution in [0, 0.1) is 0 Å². The number of hydrogen-bond donors (Lipinski definition) is 1. The molecular weight excluding hydrogens is 388 g/mol. The van der Waals surface area contributed by atoms with Crippen molar-refractivity contribution in [3.05, 3.63) is 102 Å². The molecule has 0 atom stereocenters. The monoisotopic (exact) mass is 412 g/mol. The number of aromatic nitrogens is 3. The van der Waals surface area contributed by atoms with Crippen LogP contribution in [-0.4, -0.2) is 27.3 Å². The fourth-order valence-corrected chi connectivity index (χ4v) is 3.32. The van der Waals surface area contributed by atoms with E-state index in [2.05, 4.69) is 15.4 Å². The van der Waals surface area contributed by atoms with Crippen LogP contribution in [0.4, 0.5) is 0 Å². The van der Waals surface area contributed by atoms with E-state index in [1.54, 1.807) is 23.3 Å². The number of carbonyl (C=O) groups is 1. The van der Waals surface area contributed by atoms with Crippen LogP contribution in [0.15, 0.2) is 85.3 Å². The summed E-state index contributed by atoms with van der Waals surface area (Å²) in [6.07, 6.45) is 5.18. The minimum Gasteiger partial charge on any atom is -0.377 e. The van der Waals surface area contributed by atoms with Crippen LogP contribution in [0.25, 0.3) is 16.9 Å². The van der Waals surface area contributed by atoms with E-state index in [9.17, 15) is 4.79 Å². The molecule has 0 unspecified atom stereocenters. The molecule has 6 nitrogen and oxygen atoms in total. The topological polar surface area (TPSA) is 69.0 Å². The van der Waals surface area contributed by atoms with E-state index in [-0.39, 0.29) is 5.91 Å². The van der Waals surface area contributed by atoms with Crippen molar-refractivity contribution in [2.24, 2.45) is 0 Å². The smallest absolute Gasteiger partial charge is 0.255 e. The molecule has 0 aliphatic rings. The molecule has 0 saturated carbocycles. The van der Waals surface area contributed by atoms with Gasteiger partial charge in [-0.15, -0.1) is 0 Å². The first-order valence-electron chi connectivity index (χ1n) is 10.2. The standard InChI is InChI=1S/C25H24N4O2/c1-2-31-18-21-10-7-6-9-19(21)16-27-25(30)23-17-29(22-12-4-3-5-13-22)28-24(23)20-11-8-14-26-15-20/h3-15,17H,2,16,18H2,1H3,(H,27,30). The second-order valence-corrected chi connectivity index (χ2v) is 7.00. The lowest BCUT2D eigenvalue weighted by Gasteiger charge is -2.11. The molecule has 0 radical (unpaired) electrons. The number of rotatable bonds is 8. The number of nitrogens with one attached hydrogen (secondary N) is 1. The molecule has 0 bridgehead atoms. The zero-order chi connectivity index (χ0) is 21.5. The van der Waals surface area contributed by atoms with E-state index in [1.165, 1.54) is 0 Å². The maximum Gasteiger partial charge on any atom is 0.255 e. The molecule has 4 aromatic rings. The zero-order valence-corrected chi connectivity index (χ0v) is 17.4. The van der Waals surface area contributed by atoms with Crippen LogP contribution >= 0.6 is 0 Å². The van der Waals surface area contributed by atoms with Gasteiger partial charge < -0.3 is 10.1 Å². The largest absolute Gasteiger partial charge is 0.377 e. The van der Waals surface area contributed by atoms with Crippen LogP contribution in [0.2, 0.25) is 0 Å². The maximum atomic E-state index is 13.2. The Morgan fingerprint density at radius 2 is 1.77 bits per heavy atom. The predicted octanol–water partition coefficient (Wildman–Crippen LogP) is 4.40. The van der Waals surface area contributed by atoms with Gasteiger partial charge in [0.15, 0.2) is 0 Å². The van der Waals surface area contributed by atoms with Crippen LogP contribution in [0.1, 0.15) is 28.4 Å². The molecule has 4 rings (SSSR count). The molecule has 0 aliphatic carbocycles. The first-order valence-corrected chi connectivity index (χ1v) is 10.2. The molecule has 1 amide bonds. The number of para-hydroxylation sites is 1. The number of carbonyl (C=O) groups excluding carboxylic acids is 1. The van der Waals surface area contributed by atoms with E-state index in [4.69, 9.17) is 4.74 Å². The van der Waals surface area contributed by atoms with Crippen molar-refractivity contribution in [1.82, 2.24) is 20.1 Å². The third kappa shape index (κ3) is 4.87. The average Bonchev–Trinajstić information content (AvgIpc) is 3.28. The average molecular weight is 412 g/mol. The van der Waals surface area contributed by atoms with E-state index >= 15 is 0 Å². The summed E-state index contributed by atoms with van der Waals surface area (Å²) in [5, 5.41) is 7.72. The minimum atomic E-state index is -0.188. The molecule has 0 fully saturated rings. The van der Waals surface area contributed by atoms with Gasteiger partial charge in [-0.1, -0.05) is 42.5 Å². The fourth-order valence-electron chi connectivity index (χ4n) is 3.32. The molecule has 0 spiro atoms. The molecule has 0 aliphatic heterocycles. The van der Waals surface area contributed by atoms with Crippen molar-refractivity contribution < 1.29 is 9.53 Å². The van der Waals surface area contributed by atoms with Gasteiger partial charge in [-0.3, -0.25) is 9.78 Å². The predicted molar refractivity (Wildman–Crippen MR) is 120 cm³/mol. The van der Waals surface area contributed by atoms with E-state index in [1.807, 2.05) is 73.7 Å². The fraction of sp³-hybridized carbons (Fsp3) is 0.160. The number of amides is 1. The highest BCUT2D eigenvalue weighted by Crippen LogP contribution is 2.23. The van der Waals surface area contributed by atoms with E-state index in [0.29, 0.717) is 31.0 Å². The van der Waals surface area contributed by atoms with Gasteiger partial charge in [-0.2, -0.15) is 5.10 Å². The van der Waals surface area contributed by atoms with Crippen molar-refractivity contribution >= 4 is 5.91 Å². The number of ether oxygens (including phenoxy) is 1. The Labute approximate surface area is 181 Å².